The van der Waals surface area contributed by atoms with Crippen molar-refractivity contribution >= 4 is 11.4 Å². The van der Waals surface area contributed by atoms with Crippen LogP contribution < -0.4 is 0 Å². The molecule has 1 aliphatic heterocycles. The van der Waals surface area contributed by atoms with Gasteiger partial charge in [0, 0.05) is 37.6 Å². The summed E-state index contributed by atoms with van der Waals surface area (Å²) in [4.78, 5) is 15.2. The number of likely N-dealkylation sites (tertiary alicyclic amines) is 1. The fourth-order valence-electron chi connectivity index (χ4n) is 5.24. The van der Waals surface area contributed by atoms with Crippen LogP contribution in [0.25, 0.3) is 0 Å². The maximum Gasteiger partial charge on any atom is 0.0887 e. The number of hydrogen-bond acceptors (Lipinski definition) is 4. The summed E-state index contributed by atoms with van der Waals surface area (Å²) in [5, 5.41) is 0. The van der Waals surface area contributed by atoms with Crippen LogP contribution in [0.4, 0.5) is 0 Å². The van der Waals surface area contributed by atoms with E-state index < -0.39 is 0 Å². The van der Waals surface area contributed by atoms with Crippen LogP contribution in [0, 0.1) is 5.92 Å². The van der Waals surface area contributed by atoms with E-state index in [0.717, 1.165) is 60.9 Å². The Morgan fingerprint density at radius 3 is 2.15 bits per heavy atom. The van der Waals surface area contributed by atoms with Crippen LogP contribution in [-0.4, -0.2) is 60.5 Å². The minimum atomic E-state index is 0.345. The fourth-order valence-corrected chi connectivity index (χ4v) is 5.24. The van der Waals surface area contributed by atoms with Crippen molar-refractivity contribution in [2.24, 2.45) is 15.9 Å². The summed E-state index contributed by atoms with van der Waals surface area (Å²) in [6, 6.07) is 0.707. The van der Waals surface area contributed by atoms with Gasteiger partial charge in [-0.1, -0.05) is 51.5 Å². The summed E-state index contributed by atoms with van der Waals surface area (Å²) >= 11 is 0. The first-order valence-electron chi connectivity index (χ1n) is 15.3. The summed E-state index contributed by atoms with van der Waals surface area (Å²) in [5.41, 5.74) is 9.32. The monoisotopic (exact) mass is 532 g/mol. The summed E-state index contributed by atoms with van der Waals surface area (Å²) in [6.07, 6.45) is 18.4. The van der Waals surface area contributed by atoms with Crippen molar-refractivity contribution in [1.82, 2.24) is 9.80 Å². The predicted molar refractivity (Wildman–Crippen MR) is 174 cm³/mol. The van der Waals surface area contributed by atoms with Gasteiger partial charge in [0.25, 0.3) is 0 Å². The molecule has 216 valence electrons. The maximum absolute atomic E-state index is 5.32. The molecule has 4 nitrogen and oxygen atoms in total. The molecule has 0 aromatic carbocycles. The number of hydrogen-bond donors (Lipinski definition) is 0. The van der Waals surface area contributed by atoms with E-state index >= 15 is 0 Å². The van der Waals surface area contributed by atoms with Gasteiger partial charge in [-0.05, 0) is 121 Å². The van der Waals surface area contributed by atoms with Gasteiger partial charge in [0.1, 0.15) is 0 Å². The van der Waals surface area contributed by atoms with Crippen LogP contribution >= 0.6 is 0 Å². The molecule has 1 saturated heterocycles. The third kappa shape index (κ3) is 9.60. The lowest BCUT2D eigenvalue weighted by atomic mass is 9.88. The Balaban J connectivity index is 2.41. The van der Waals surface area contributed by atoms with E-state index in [2.05, 4.69) is 100 Å². The second-order valence-electron chi connectivity index (χ2n) is 11.2. The first-order chi connectivity index (χ1) is 18.7. The summed E-state index contributed by atoms with van der Waals surface area (Å²) in [6.45, 7) is 26.2. The Kier molecular flexibility index (Phi) is 13.9. The van der Waals surface area contributed by atoms with Crippen LogP contribution in [0.5, 0.6) is 0 Å². The normalized spacial score (nSPS) is 19.7. The first-order valence-corrected chi connectivity index (χ1v) is 15.3. The molecule has 0 radical (unpaired) electrons. The van der Waals surface area contributed by atoms with Crippen LogP contribution in [-0.2, 0) is 0 Å². The average molecular weight is 533 g/mol. The van der Waals surface area contributed by atoms with Gasteiger partial charge in [0.05, 0.1) is 11.4 Å². The maximum atomic E-state index is 5.32. The molecule has 1 unspecified atom stereocenters. The molecule has 0 amide bonds. The summed E-state index contributed by atoms with van der Waals surface area (Å²) < 4.78 is 0. The molecule has 2 rings (SSSR count). The first kappa shape index (κ1) is 32.8. The molecule has 0 spiro atoms. The largest absolute Gasteiger partial charge is 0.372 e. The second kappa shape index (κ2) is 16.6. The van der Waals surface area contributed by atoms with Gasteiger partial charge in [0.15, 0.2) is 0 Å². The van der Waals surface area contributed by atoms with Gasteiger partial charge in [-0.2, -0.15) is 0 Å². The molecule has 0 aromatic rings. The molecule has 2 aliphatic rings. The number of aliphatic imine (C=N–C) groups is 2. The van der Waals surface area contributed by atoms with Crippen molar-refractivity contribution in [3.8, 4) is 0 Å². The zero-order chi connectivity index (χ0) is 28.9. The molecule has 1 atom stereocenters. The Labute approximate surface area is 240 Å². The predicted octanol–water partition coefficient (Wildman–Crippen LogP) is 8.72. The molecular weight excluding hydrogens is 476 g/mol. The molecule has 4 heteroatoms. The Morgan fingerprint density at radius 1 is 1.05 bits per heavy atom. The number of allylic oxidation sites excluding steroid dienone is 9. The van der Waals surface area contributed by atoms with E-state index in [1.807, 2.05) is 14.0 Å². The molecule has 2 fully saturated rings. The molecule has 0 bridgehead atoms. The van der Waals surface area contributed by atoms with Crippen molar-refractivity contribution in [1.29, 1.82) is 0 Å². The van der Waals surface area contributed by atoms with E-state index in [0.29, 0.717) is 12.0 Å². The lowest BCUT2D eigenvalue weighted by Crippen LogP contribution is -2.44. The summed E-state index contributed by atoms with van der Waals surface area (Å²) in [7, 11) is 1.87. The van der Waals surface area contributed by atoms with Gasteiger partial charge in [0.2, 0.25) is 0 Å². The van der Waals surface area contributed by atoms with Crippen LogP contribution in [0.2, 0.25) is 0 Å². The molecule has 39 heavy (non-hydrogen) atoms. The van der Waals surface area contributed by atoms with Gasteiger partial charge in [-0.3, -0.25) is 9.98 Å². The zero-order valence-corrected chi connectivity index (χ0v) is 26.6. The molecule has 1 saturated carbocycles. The lowest BCUT2D eigenvalue weighted by molar-refractivity contribution is 0.136. The zero-order valence-electron chi connectivity index (χ0n) is 26.6. The molecule has 0 N–H and O–H groups in total. The summed E-state index contributed by atoms with van der Waals surface area (Å²) in [5.74, 6) is 0.345. The van der Waals surface area contributed by atoms with Crippen molar-refractivity contribution in [2.45, 2.75) is 100.0 Å². The van der Waals surface area contributed by atoms with E-state index in [1.54, 1.807) is 5.57 Å². The van der Waals surface area contributed by atoms with Crippen molar-refractivity contribution in [3.05, 3.63) is 70.6 Å². The molecule has 1 aliphatic carbocycles. The van der Waals surface area contributed by atoms with E-state index in [9.17, 15) is 0 Å². The topological polar surface area (TPSA) is 31.2 Å². The molecule has 0 aromatic heterocycles. The number of piperidine rings is 1. The SMILES string of the molecule is C=C(C)/C(C)=C/C(=N\C)C(=C/C(C)=C1CCC1)/N=C(/C=C\C(=C/C)N1CCC(N(CC)CC)CC1)C(C)CC. The van der Waals surface area contributed by atoms with Gasteiger partial charge >= 0.3 is 0 Å². The van der Waals surface area contributed by atoms with E-state index in [4.69, 9.17) is 4.99 Å². The third-order valence-corrected chi connectivity index (χ3v) is 8.64. The minimum Gasteiger partial charge on any atom is -0.372 e. The highest BCUT2D eigenvalue weighted by atomic mass is 15.2. The molecule has 1 heterocycles. The minimum absolute atomic E-state index is 0.345. The highest BCUT2D eigenvalue weighted by Crippen LogP contribution is 2.30. The van der Waals surface area contributed by atoms with Gasteiger partial charge < -0.3 is 9.80 Å². The number of rotatable bonds is 13. The van der Waals surface area contributed by atoms with Crippen LogP contribution in [0.15, 0.2) is 80.6 Å². The standard InChI is InChI=1S/C35H56N4/c1-11-27(7)33(19-18-31(12-2)39-22-20-32(21-23-39)38(13-3)14-4)37-35(25-29(9)30-16-15-17-30)34(36-10)24-28(8)26(5)6/h12,18-19,24-25,27,32H,5,11,13-17,20-23H2,1-4,6-10H3/b19-18-,28-24+,31-12+,35-25-,36-34+,37-33-. The van der Waals surface area contributed by atoms with Gasteiger partial charge in [-0.15, -0.1) is 0 Å². The van der Waals surface area contributed by atoms with Gasteiger partial charge in [-0.25, -0.2) is 0 Å². The Morgan fingerprint density at radius 2 is 1.69 bits per heavy atom. The second-order valence-corrected chi connectivity index (χ2v) is 11.2. The van der Waals surface area contributed by atoms with Crippen molar-refractivity contribution < 1.29 is 0 Å². The van der Waals surface area contributed by atoms with Crippen LogP contribution in [0.1, 0.15) is 93.9 Å². The lowest BCUT2D eigenvalue weighted by Gasteiger charge is -2.39. The van der Waals surface area contributed by atoms with Crippen LogP contribution in [0.3, 0.4) is 0 Å². The van der Waals surface area contributed by atoms with E-state index in [1.165, 1.54) is 43.4 Å². The third-order valence-electron chi connectivity index (χ3n) is 8.64. The Bertz CT molecular complexity index is 1030. The smallest absolute Gasteiger partial charge is 0.0887 e. The Hall–Kier alpha value is -2.46. The quantitative estimate of drug-likeness (QED) is 0.175. The van der Waals surface area contributed by atoms with Crippen molar-refractivity contribution in [3.63, 3.8) is 0 Å². The molecular formula is C35H56N4. The number of nitrogens with zero attached hydrogens (tertiary/aromatic N) is 4. The fraction of sp³-hybridized carbons (Fsp3) is 0.600. The average Bonchev–Trinajstić information content (AvgIpc) is 2.90. The highest BCUT2D eigenvalue weighted by molar-refractivity contribution is 6.11. The van der Waals surface area contributed by atoms with Crippen molar-refractivity contribution in [2.75, 3.05) is 33.2 Å². The van der Waals surface area contributed by atoms with E-state index in [-0.39, 0.29) is 0 Å². The highest BCUT2D eigenvalue weighted by Gasteiger charge is 2.23.